The Hall–Kier alpha value is -2.73. The van der Waals surface area contributed by atoms with Crippen LogP contribution in [0.4, 0.5) is 15.8 Å². The van der Waals surface area contributed by atoms with Crippen LogP contribution in [0.15, 0.2) is 42.5 Å². The molecule has 1 heterocycles. The number of thiocarbonyl (C=S) groups is 1. The van der Waals surface area contributed by atoms with E-state index in [9.17, 15) is 4.39 Å². The van der Waals surface area contributed by atoms with Crippen molar-refractivity contribution >= 4 is 28.7 Å². The molecule has 3 aromatic rings. The average molecular weight is 383 g/mol. The number of anilines is 2. The molecule has 0 aliphatic heterocycles. The van der Waals surface area contributed by atoms with Crippen LogP contribution in [0.5, 0.6) is 0 Å². The molecule has 1 aromatic heterocycles. The van der Waals surface area contributed by atoms with E-state index in [4.69, 9.17) is 12.2 Å². The van der Waals surface area contributed by atoms with Crippen LogP contribution in [0.2, 0.25) is 0 Å². The largest absolute Gasteiger partial charge is 0.332 e. The average Bonchev–Trinajstić information content (AvgIpc) is 2.87. The van der Waals surface area contributed by atoms with Crippen LogP contribution in [-0.2, 0) is 6.54 Å². The predicted octanol–water partition coefficient (Wildman–Crippen LogP) is 5.11. The molecule has 0 aliphatic rings. The first-order valence-corrected chi connectivity index (χ1v) is 9.18. The van der Waals surface area contributed by atoms with Gasteiger partial charge >= 0.3 is 0 Å². The molecule has 2 N–H and O–H groups in total. The minimum atomic E-state index is -0.239. The summed E-state index contributed by atoms with van der Waals surface area (Å²) in [5.74, 6) is -0.239. The molecule has 4 nitrogen and oxygen atoms in total. The van der Waals surface area contributed by atoms with E-state index in [-0.39, 0.29) is 5.82 Å². The number of nitrogens with zero attached hydrogens (tertiary/aromatic N) is 2. The standard InChI is InChI=1S/C21H23FN4S/c1-13-5-10-19(11-14(13)2)23-21(27)24-20-15(3)25-26(16(20)4)12-17-6-8-18(22)9-7-17/h5-11H,12H2,1-4H3,(H2,23,24,27). The van der Waals surface area contributed by atoms with Gasteiger partial charge < -0.3 is 10.6 Å². The predicted molar refractivity (Wildman–Crippen MR) is 113 cm³/mol. The zero-order valence-corrected chi connectivity index (χ0v) is 16.7. The summed E-state index contributed by atoms with van der Waals surface area (Å²) in [6.07, 6.45) is 0. The van der Waals surface area contributed by atoms with Crippen molar-refractivity contribution < 1.29 is 4.39 Å². The molecule has 0 bridgehead atoms. The van der Waals surface area contributed by atoms with Gasteiger partial charge in [-0.1, -0.05) is 18.2 Å². The zero-order valence-electron chi connectivity index (χ0n) is 15.9. The van der Waals surface area contributed by atoms with E-state index in [1.165, 1.54) is 23.3 Å². The number of nitrogens with one attached hydrogen (secondary N) is 2. The normalized spacial score (nSPS) is 10.7. The van der Waals surface area contributed by atoms with Crippen LogP contribution in [0.3, 0.4) is 0 Å². The second kappa shape index (κ2) is 7.88. The molecule has 27 heavy (non-hydrogen) atoms. The molecule has 3 rings (SSSR count). The first kappa shape index (κ1) is 19.0. The summed E-state index contributed by atoms with van der Waals surface area (Å²) in [6.45, 7) is 8.66. The molecule has 0 aliphatic carbocycles. The molecular weight excluding hydrogens is 359 g/mol. The fraction of sp³-hybridized carbons (Fsp3) is 0.238. The Bertz CT molecular complexity index is 977. The number of benzene rings is 2. The van der Waals surface area contributed by atoms with Gasteiger partial charge in [0, 0.05) is 5.69 Å². The molecular formula is C21H23FN4S. The summed E-state index contributed by atoms with van der Waals surface area (Å²) in [5, 5.41) is 11.6. The van der Waals surface area contributed by atoms with Crippen molar-refractivity contribution in [1.29, 1.82) is 0 Å². The quantitative estimate of drug-likeness (QED) is 0.615. The second-order valence-electron chi connectivity index (χ2n) is 6.71. The van der Waals surface area contributed by atoms with Crippen LogP contribution >= 0.6 is 12.2 Å². The van der Waals surface area contributed by atoms with Gasteiger partial charge in [-0.05, 0) is 80.9 Å². The van der Waals surface area contributed by atoms with Gasteiger partial charge in [0.05, 0.1) is 23.6 Å². The van der Waals surface area contributed by atoms with Crippen molar-refractivity contribution in [2.24, 2.45) is 0 Å². The topological polar surface area (TPSA) is 41.9 Å². The van der Waals surface area contributed by atoms with Gasteiger partial charge in [0.25, 0.3) is 0 Å². The van der Waals surface area contributed by atoms with Crippen LogP contribution in [-0.4, -0.2) is 14.9 Å². The number of aromatic nitrogens is 2. The summed E-state index contributed by atoms with van der Waals surface area (Å²) >= 11 is 5.47. The number of rotatable bonds is 4. The van der Waals surface area contributed by atoms with Gasteiger partial charge in [-0.15, -0.1) is 0 Å². The summed E-state index contributed by atoms with van der Waals surface area (Å²) in [4.78, 5) is 0. The lowest BCUT2D eigenvalue weighted by atomic mass is 10.1. The lowest BCUT2D eigenvalue weighted by Crippen LogP contribution is -2.20. The van der Waals surface area contributed by atoms with Crippen LogP contribution in [0.25, 0.3) is 0 Å². The van der Waals surface area contributed by atoms with Crippen molar-refractivity contribution in [2.75, 3.05) is 10.6 Å². The van der Waals surface area contributed by atoms with E-state index in [0.29, 0.717) is 11.7 Å². The van der Waals surface area contributed by atoms with Crippen LogP contribution in [0.1, 0.15) is 28.1 Å². The smallest absolute Gasteiger partial charge is 0.175 e. The minimum Gasteiger partial charge on any atom is -0.332 e. The molecule has 6 heteroatoms. The molecule has 0 unspecified atom stereocenters. The lowest BCUT2D eigenvalue weighted by Gasteiger charge is -2.12. The maximum absolute atomic E-state index is 13.1. The van der Waals surface area contributed by atoms with Crippen molar-refractivity contribution in [1.82, 2.24) is 9.78 Å². The lowest BCUT2D eigenvalue weighted by molar-refractivity contribution is 0.622. The highest BCUT2D eigenvalue weighted by Gasteiger charge is 2.13. The third-order valence-electron chi connectivity index (χ3n) is 4.63. The zero-order chi connectivity index (χ0) is 19.6. The summed E-state index contributed by atoms with van der Waals surface area (Å²) in [7, 11) is 0. The Balaban J connectivity index is 1.72. The molecule has 2 aromatic carbocycles. The molecule has 0 spiro atoms. The Morgan fingerprint density at radius 3 is 2.37 bits per heavy atom. The summed E-state index contributed by atoms with van der Waals surface area (Å²) in [6, 6.07) is 12.6. The van der Waals surface area contributed by atoms with E-state index in [1.807, 2.05) is 24.6 Å². The van der Waals surface area contributed by atoms with Crippen LogP contribution < -0.4 is 10.6 Å². The first-order valence-electron chi connectivity index (χ1n) is 8.77. The first-order chi connectivity index (χ1) is 12.8. The maximum atomic E-state index is 13.1. The SMILES string of the molecule is Cc1ccc(NC(=S)Nc2c(C)nn(Cc3ccc(F)cc3)c2C)cc1C. The van der Waals surface area contributed by atoms with Gasteiger partial charge in [-0.25, -0.2) is 4.39 Å². The third-order valence-corrected chi connectivity index (χ3v) is 4.83. The number of aryl methyl sites for hydroxylation is 3. The Morgan fingerprint density at radius 1 is 1.00 bits per heavy atom. The number of hydrogen-bond acceptors (Lipinski definition) is 2. The minimum absolute atomic E-state index is 0.239. The maximum Gasteiger partial charge on any atom is 0.175 e. The van der Waals surface area contributed by atoms with Crippen molar-refractivity contribution in [3.05, 3.63) is 76.4 Å². The van der Waals surface area contributed by atoms with E-state index in [2.05, 4.69) is 41.7 Å². The summed E-state index contributed by atoms with van der Waals surface area (Å²) < 4.78 is 15.0. The molecule has 140 valence electrons. The van der Waals surface area contributed by atoms with Crippen molar-refractivity contribution in [2.45, 2.75) is 34.2 Å². The highest BCUT2D eigenvalue weighted by atomic mass is 32.1. The Morgan fingerprint density at radius 2 is 1.70 bits per heavy atom. The number of hydrogen-bond donors (Lipinski definition) is 2. The fourth-order valence-corrected chi connectivity index (χ4v) is 3.11. The van der Waals surface area contributed by atoms with Gasteiger partial charge in [0.15, 0.2) is 5.11 Å². The van der Waals surface area contributed by atoms with E-state index >= 15 is 0 Å². The van der Waals surface area contributed by atoms with Crippen molar-refractivity contribution in [3.8, 4) is 0 Å². The van der Waals surface area contributed by atoms with Crippen molar-refractivity contribution in [3.63, 3.8) is 0 Å². The van der Waals surface area contributed by atoms with Gasteiger partial charge in [-0.3, -0.25) is 4.68 Å². The van der Waals surface area contributed by atoms with Gasteiger partial charge in [0.2, 0.25) is 0 Å². The molecule has 0 atom stereocenters. The highest BCUT2D eigenvalue weighted by Crippen LogP contribution is 2.21. The summed E-state index contributed by atoms with van der Waals surface area (Å²) in [5.41, 5.74) is 7.11. The van der Waals surface area contributed by atoms with Crippen LogP contribution in [0, 0.1) is 33.5 Å². The molecule has 0 saturated heterocycles. The monoisotopic (exact) mass is 382 g/mol. The van der Waals surface area contributed by atoms with E-state index in [0.717, 1.165) is 28.3 Å². The molecule has 0 saturated carbocycles. The fourth-order valence-electron chi connectivity index (χ4n) is 2.89. The third kappa shape index (κ3) is 4.52. The second-order valence-corrected chi connectivity index (χ2v) is 7.12. The Labute approximate surface area is 164 Å². The van der Waals surface area contributed by atoms with E-state index < -0.39 is 0 Å². The van der Waals surface area contributed by atoms with Gasteiger partial charge in [-0.2, -0.15) is 5.10 Å². The molecule has 0 radical (unpaired) electrons. The number of halogens is 1. The molecule has 0 fully saturated rings. The van der Waals surface area contributed by atoms with E-state index in [1.54, 1.807) is 12.1 Å². The Kier molecular flexibility index (Phi) is 5.56. The highest BCUT2D eigenvalue weighted by molar-refractivity contribution is 7.80. The van der Waals surface area contributed by atoms with Gasteiger partial charge in [0.1, 0.15) is 5.82 Å². The molecule has 0 amide bonds.